The van der Waals surface area contributed by atoms with Gasteiger partial charge in [-0.15, -0.1) is 0 Å². The molecule has 0 radical (unpaired) electrons. The number of nitrogens with two attached hydrogens (primary N) is 1. The van der Waals surface area contributed by atoms with Gasteiger partial charge >= 0.3 is 0 Å². The molecule has 0 amide bonds. The Hall–Kier alpha value is -0.700. The first kappa shape index (κ1) is 7.41. The molecule has 0 aromatic heterocycles. The molecule has 0 aromatic rings. The second kappa shape index (κ2) is 2.92. The summed E-state index contributed by atoms with van der Waals surface area (Å²) in [5.41, 5.74) is 5.38. The summed E-state index contributed by atoms with van der Waals surface area (Å²) in [5.74, 6) is 1.71. The average molecular weight is 143 g/mol. The fraction of sp³-hybridized carbons (Fsp3) is 0.714. The molecule has 1 aliphatic rings. The van der Waals surface area contributed by atoms with Crippen molar-refractivity contribution in [2.45, 2.75) is 20.0 Å². The quantitative estimate of drug-likeness (QED) is 0.585. The van der Waals surface area contributed by atoms with Crippen LogP contribution in [0.1, 0.15) is 13.8 Å². The van der Waals surface area contributed by atoms with E-state index in [-0.39, 0.29) is 6.10 Å². The van der Waals surface area contributed by atoms with Crippen molar-refractivity contribution in [2.75, 3.05) is 13.2 Å². The molecule has 0 fully saturated rings. The van der Waals surface area contributed by atoms with E-state index in [0.29, 0.717) is 13.2 Å². The van der Waals surface area contributed by atoms with E-state index in [1.54, 1.807) is 0 Å². The highest BCUT2D eigenvalue weighted by Crippen LogP contribution is 2.15. The van der Waals surface area contributed by atoms with Crippen LogP contribution >= 0.6 is 0 Å². The Kier molecular flexibility index (Phi) is 2.17. The third-order valence-corrected chi connectivity index (χ3v) is 1.59. The highest BCUT2D eigenvalue weighted by molar-refractivity contribution is 4.98. The lowest BCUT2D eigenvalue weighted by Crippen LogP contribution is -2.31. The van der Waals surface area contributed by atoms with Gasteiger partial charge in [-0.2, -0.15) is 0 Å². The summed E-state index contributed by atoms with van der Waals surface area (Å²) in [7, 11) is 0. The van der Waals surface area contributed by atoms with Gasteiger partial charge in [-0.3, -0.25) is 0 Å². The van der Waals surface area contributed by atoms with Crippen LogP contribution in [-0.4, -0.2) is 19.3 Å². The van der Waals surface area contributed by atoms with Crippen LogP contribution in [0.25, 0.3) is 0 Å². The Morgan fingerprint density at radius 3 is 2.70 bits per heavy atom. The van der Waals surface area contributed by atoms with Gasteiger partial charge in [0.05, 0.1) is 0 Å². The number of hydrogen-bond donors (Lipinski definition) is 1. The van der Waals surface area contributed by atoms with Gasteiger partial charge in [0.25, 0.3) is 0 Å². The van der Waals surface area contributed by atoms with Crippen molar-refractivity contribution in [3.05, 3.63) is 11.5 Å². The zero-order chi connectivity index (χ0) is 7.56. The van der Waals surface area contributed by atoms with Gasteiger partial charge in [-0.1, -0.05) is 0 Å². The molecule has 1 heterocycles. The smallest absolute Gasteiger partial charge is 0.144 e. The van der Waals surface area contributed by atoms with Crippen molar-refractivity contribution >= 4 is 0 Å². The molecule has 1 unspecified atom stereocenters. The molecule has 0 aliphatic carbocycles. The van der Waals surface area contributed by atoms with Gasteiger partial charge in [0.15, 0.2) is 0 Å². The van der Waals surface area contributed by atoms with Gasteiger partial charge in [-0.05, 0) is 13.8 Å². The number of ether oxygens (including phenoxy) is 2. The van der Waals surface area contributed by atoms with Gasteiger partial charge in [-0.25, -0.2) is 0 Å². The maximum atomic E-state index is 5.38. The molecule has 3 nitrogen and oxygen atoms in total. The summed E-state index contributed by atoms with van der Waals surface area (Å²) in [4.78, 5) is 0. The van der Waals surface area contributed by atoms with Gasteiger partial charge < -0.3 is 15.2 Å². The third kappa shape index (κ3) is 1.42. The largest absolute Gasteiger partial charge is 0.491 e. The molecule has 10 heavy (non-hydrogen) atoms. The lowest BCUT2D eigenvalue weighted by Gasteiger charge is -2.24. The Morgan fingerprint density at radius 2 is 2.20 bits per heavy atom. The predicted octanol–water partition coefficient (Wildman–Crippen LogP) is 0.612. The van der Waals surface area contributed by atoms with E-state index in [4.69, 9.17) is 15.2 Å². The fourth-order valence-electron chi connectivity index (χ4n) is 0.803. The average Bonchev–Trinajstić information content (AvgIpc) is 1.95. The maximum Gasteiger partial charge on any atom is 0.144 e. The summed E-state index contributed by atoms with van der Waals surface area (Å²) in [5, 5.41) is 0. The van der Waals surface area contributed by atoms with Crippen molar-refractivity contribution in [1.29, 1.82) is 0 Å². The highest BCUT2D eigenvalue weighted by Gasteiger charge is 2.16. The Balaban J connectivity index is 2.54. The lowest BCUT2D eigenvalue weighted by atomic mass is 10.3. The predicted molar refractivity (Wildman–Crippen MR) is 38.3 cm³/mol. The molecular formula is C7H13NO2. The number of allylic oxidation sites excluding steroid dienone is 2. The SMILES string of the molecule is CC1=C(C)OC(CN)CO1. The zero-order valence-electron chi connectivity index (χ0n) is 6.39. The van der Waals surface area contributed by atoms with E-state index >= 15 is 0 Å². The molecule has 58 valence electrons. The van der Waals surface area contributed by atoms with Crippen molar-refractivity contribution in [3.8, 4) is 0 Å². The van der Waals surface area contributed by atoms with Gasteiger partial charge in [0.2, 0.25) is 0 Å². The van der Waals surface area contributed by atoms with Gasteiger partial charge in [0.1, 0.15) is 24.2 Å². The fourth-order valence-corrected chi connectivity index (χ4v) is 0.803. The topological polar surface area (TPSA) is 44.5 Å². The summed E-state index contributed by atoms with van der Waals surface area (Å²) in [6, 6.07) is 0. The first-order chi connectivity index (χ1) is 4.74. The minimum absolute atomic E-state index is 0.0451. The van der Waals surface area contributed by atoms with Crippen LogP contribution in [-0.2, 0) is 9.47 Å². The van der Waals surface area contributed by atoms with E-state index in [2.05, 4.69) is 0 Å². The third-order valence-electron chi connectivity index (χ3n) is 1.59. The summed E-state index contributed by atoms with van der Waals surface area (Å²) < 4.78 is 10.6. The Labute approximate surface area is 60.8 Å². The minimum atomic E-state index is 0.0451. The second-order valence-electron chi connectivity index (χ2n) is 2.40. The summed E-state index contributed by atoms with van der Waals surface area (Å²) >= 11 is 0. The second-order valence-corrected chi connectivity index (χ2v) is 2.40. The molecule has 0 aromatic carbocycles. The molecule has 0 saturated heterocycles. The van der Waals surface area contributed by atoms with E-state index in [0.717, 1.165) is 11.5 Å². The molecule has 1 aliphatic heterocycles. The lowest BCUT2D eigenvalue weighted by molar-refractivity contribution is 0.00334. The van der Waals surface area contributed by atoms with Crippen LogP contribution in [0.2, 0.25) is 0 Å². The van der Waals surface area contributed by atoms with E-state index in [1.165, 1.54) is 0 Å². The van der Waals surface area contributed by atoms with E-state index in [9.17, 15) is 0 Å². The van der Waals surface area contributed by atoms with E-state index in [1.807, 2.05) is 13.8 Å². The van der Waals surface area contributed by atoms with Crippen LogP contribution in [0, 0.1) is 0 Å². The molecule has 0 saturated carbocycles. The van der Waals surface area contributed by atoms with Crippen LogP contribution in [0.4, 0.5) is 0 Å². The summed E-state index contributed by atoms with van der Waals surface area (Å²) in [6.45, 7) is 4.88. The van der Waals surface area contributed by atoms with Crippen LogP contribution < -0.4 is 5.73 Å². The zero-order valence-corrected chi connectivity index (χ0v) is 6.39. The monoisotopic (exact) mass is 143 g/mol. The Bertz CT molecular complexity index is 154. The molecule has 1 rings (SSSR count). The van der Waals surface area contributed by atoms with Crippen LogP contribution in [0.15, 0.2) is 11.5 Å². The van der Waals surface area contributed by atoms with Crippen LogP contribution in [0.5, 0.6) is 0 Å². The molecule has 3 heteroatoms. The number of hydrogen-bond acceptors (Lipinski definition) is 3. The minimum Gasteiger partial charge on any atom is -0.491 e. The molecule has 2 N–H and O–H groups in total. The number of rotatable bonds is 1. The van der Waals surface area contributed by atoms with Crippen molar-refractivity contribution in [3.63, 3.8) is 0 Å². The normalized spacial score (nSPS) is 25.7. The maximum absolute atomic E-state index is 5.38. The molecule has 0 spiro atoms. The van der Waals surface area contributed by atoms with Crippen molar-refractivity contribution in [2.24, 2.45) is 5.73 Å². The van der Waals surface area contributed by atoms with Crippen molar-refractivity contribution < 1.29 is 9.47 Å². The Morgan fingerprint density at radius 1 is 1.50 bits per heavy atom. The molecular weight excluding hydrogens is 130 g/mol. The van der Waals surface area contributed by atoms with Gasteiger partial charge in [0, 0.05) is 6.54 Å². The summed E-state index contributed by atoms with van der Waals surface area (Å²) in [6.07, 6.45) is 0.0451. The first-order valence-electron chi connectivity index (χ1n) is 3.41. The first-order valence-corrected chi connectivity index (χ1v) is 3.41. The molecule has 0 bridgehead atoms. The molecule has 1 atom stereocenters. The van der Waals surface area contributed by atoms with Crippen molar-refractivity contribution in [1.82, 2.24) is 0 Å². The standard InChI is InChI=1S/C7H13NO2/c1-5-6(2)10-7(3-8)4-9-5/h7H,3-4,8H2,1-2H3. The highest BCUT2D eigenvalue weighted by atomic mass is 16.6. The van der Waals surface area contributed by atoms with Crippen LogP contribution in [0.3, 0.4) is 0 Å². The van der Waals surface area contributed by atoms with E-state index < -0.39 is 0 Å².